The van der Waals surface area contributed by atoms with E-state index in [0.717, 1.165) is 5.56 Å². The number of benzene rings is 1. The minimum Gasteiger partial charge on any atom is -0.481 e. The van der Waals surface area contributed by atoms with E-state index in [9.17, 15) is 14.7 Å². The molecule has 0 bridgehead atoms. The summed E-state index contributed by atoms with van der Waals surface area (Å²) < 4.78 is 1.75. The molecule has 7 heteroatoms. The predicted octanol–water partition coefficient (Wildman–Crippen LogP) is 2.26. The lowest BCUT2D eigenvalue weighted by Crippen LogP contribution is -2.37. The Bertz CT molecular complexity index is 743. The summed E-state index contributed by atoms with van der Waals surface area (Å²) in [5, 5.41) is 16.2. The van der Waals surface area contributed by atoms with Gasteiger partial charge in [-0.1, -0.05) is 30.3 Å². The molecule has 3 rings (SSSR count). The van der Waals surface area contributed by atoms with Crippen molar-refractivity contribution in [1.29, 1.82) is 0 Å². The maximum absolute atomic E-state index is 12.3. The van der Waals surface area contributed by atoms with Gasteiger partial charge in [-0.3, -0.25) is 9.48 Å². The van der Waals surface area contributed by atoms with Crippen molar-refractivity contribution < 1.29 is 14.7 Å². The van der Waals surface area contributed by atoms with Crippen LogP contribution in [0, 0.1) is 5.41 Å². The number of likely N-dealkylation sites (tertiary alicyclic amines) is 1. The van der Waals surface area contributed by atoms with E-state index in [1.165, 1.54) is 4.90 Å². The SMILES string of the molecule is CC1(C(=O)O)CCN(C(=O)Nc2cnn(Cc3ccccc3)c2)C1. The first kappa shape index (κ1) is 16.0. The van der Waals surface area contributed by atoms with Crippen molar-refractivity contribution >= 4 is 17.7 Å². The van der Waals surface area contributed by atoms with Crippen LogP contribution in [0.1, 0.15) is 18.9 Å². The van der Waals surface area contributed by atoms with Gasteiger partial charge in [-0.2, -0.15) is 5.10 Å². The van der Waals surface area contributed by atoms with E-state index in [-0.39, 0.29) is 12.6 Å². The van der Waals surface area contributed by atoms with Crippen molar-refractivity contribution in [3.8, 4) is 0 Å². The molecule has 1 aromatic carbocycles. The van der Waals surface area contributed by atoms with E-state index in [4.69, 9.17) is 0 Å². The Morgan fingerprint density at radius 3 is 2.75 bits per heavy atom. The number of amides is 2. The van der Waals surface area contributed by atoms with Crippen molar-refractivity contribution in [3.05, 3.63) is 48.3 Å². The Morgan fingerprint density at radius 1 is 1.33 bits per heavy atom. The number of anilines is 1. The molecule has 126 valence electrons. The fraction of sp³-hybridized carbons (Fsp3) is 0.353. The largest absolute Gasteiger partial charge is 0.481 e. The quantitative estimate of drug-likeness (QED) is 0.901. The van der Waals surface area contributed by atoms with Crippen LogP contribution in [0.5, 0.6) is 0 Å². The summed E-state index contributed by atoms with van der Waals surface area (Å²) >= 11 is 0. The van der Waals surface area contributed by atoms with Gasteiger partial charge in [0.2, 0.25) is 0 Å². The van der Waals surface area contributed by atoms with Crippen LogP contribution in [0.2, 0.25) is 0 Å². The van der Waals surface area contributed by atoms with E-state index in [1.807, 2.05) is 30.3 Å². The molecule has 0 spiro atoms. The molecule has 0 radical (unpaired) electrons. The number of carbonyl (C=O) groups is 2. The van der Waals surface area contributed by atoms with E-state index in [2.05, 4.69) is 10.4 Å². The van der Waals surface area contributed by atoms with E-state index < -0.39 is 11.4 Å². The van der Waals surface area contributed by atoms with Crippen molar-refractivity contribution in [2.24, 2.45) is 5.41 Å². The molecular formula is C17H20N4O3. The predicted molar refractivity (Wildman–Crippen MR) is 88.7 cm³/mol. The van der Waals surface area contributed by atoms with Crippen molar-refractivity contribution in [2.75, 3.05) is 18.4 Å². The number of nitrogens with zero attached hydrogens (tertiary/aromatic N) is 3. The highest BCUT2D eigenvalue weighted by Gasteiger charge is 2.42. The van der Waals surface area contributed by atoms with Crippen LogP contribution < -0.4 is 5.32 Å². The minimum atomic E-state index is -0.867. The van der Waals surface area contributed by atoms with Gasteiger partial charge in [0.1, 0.15) is 0 Å². The van der Waals surface area contributed by atoms with Crippen molar-refractivity contribution in [1.82, 2.24) is 14.7 Å². The van der Waals surface area contributed by atoms with Crippen LogP contribution in [-0.4, -0.2) is 44.9 Å². The molecule has 1 aromatic heterocycles. The van der Waals surface area contributed by atoms with Crippen LogP contribution in [0.15, 0.2) is 42.7 Å². The van der Waals surface area contributed by atoms with Crippen LogP contribution in [0.3, 0.4) is 0 Å². The smallest absolute Gasteiger partial charge is 0.321 e. The second-order valence-electron chi connectivity index (χ2n) is 6.38. The number of aromatic nitrogens is 2. The molecule has 0 saturated carbocycles. The molecule has 2 amide bonds. The number of carboxylic acids is 1. The van der Waals surface area contributed by atoms with E-state index >= 15 is 0 Å². The number of urea groups is 1. The first-order chi connectivity index (χ1) is 11.5. The minimum absolute atomic E-state index is 0.215. The molecule has 1 fully saturated rings. The van der Waals surface area contributed by atoms with Gasteiger partial charge in [0, 0.05) is 19.3 Å². The van der Waals surface area contributed by atoms with Crippen molar-refractivity contribution in [2.45, 2.75) is 19.9 Å². The molecule has 2 aromatic rings. The van der Waals surface area contributed by atoms with Crippen LogP contribution >= 0.6 is 0 Å². The second kappa shape index (κ2) is 6.35. The fourth-order valence-corrected chi connectivity index (χ4v) is 2.80. The van der Waals surface area contributed by atoms with Gasteiger partial charge in [-0.25, -0.2) is 4.79 Å². The summed E-state index contributed by atoms with van der Waals surface area (Å²) in [6.07, 6.45) is 3.81. The lowest BCUT2D eigenvalue weighted by Gasteiger charge is -2.20. The third-order valence-electron chi connectivity index (χ3n) is 4.35. The third kappa shape index (κ3) is 3.40. The number of carbonyl (C=O) groups excluding carboxylic acids is 1. The average Bonchev–Trinajstić information content (AvgIpc) is 3.16. The maximum Gasteiger partial charge on any atom is 0.321 e. The topological polar surface area (TPSA) is 87.5 Å². The highest BCUT2D eigenvalue weighted by molar-refractivity contribution is 5.90. The fourth-order valence-electron chi connectivity index (χ4n) is 2.80. The zero-order chi connectivity index (χ0) is 17.2. The van der Waals surface area contributed by atoms with E-state index in [1.54, 1.807) is 24.0 Å². The molecule has 1 aliphatic rings. The Kier molecular flexibility index (Phi) is 4.24. The van der Waals surface area contributed by atoms with Crippen molar-refractivity contribution in [3.63, 3.8) is 0 Å². The number of hydrogen-bond acceptors (Lipinski definition) is 3. The summed E-state index contributed by atoms with van der Waals surface area (Å²) in [7, 11) is 0. The molecule has 1 atom stereocenters. The van der Waals surface area contributed by atoms with Crippen LogP contribution in [0.4, 0.5) is 10.5 Å². The lowest BCUT2D eigenvalue weighted by molar-refractivity contribution is -0.146. The highest BCUT2D eigenvalue weighted by Crippen LogP contribution is 2.30. The van der Waals surface area contributed by atoms with Crippen LogP contribution in [-0.2, 0) is 11.3 Å². The molecule has 1 unspecified atom stereocenters. The zero-order valence-corrected chi connectivity index (χ0v) is 13.5. The summed E-state index contributed by atoms with van der Waals surface area (Å²) in [5.41, 5.74) is 0.851. The Hall–Kier alpha value is -2.83. The molecule has 7 nitrogen and oxygen atoms in total. The lowest BCUT2D eigenvalue weighted by atomic mass is 9.90. The Balaban J connectivity index is 1.59. The van der Waals surface area contributed by atoms with Gasteiger partial charge in [-0.15, -0.1) is 0 Å². The summed E-state index contributed by atoms with van der Waals surface area (Å²) in [5.74, 6) is -0.867. The highest BCUT2D eigenvalue weighted by atomic mass is 16.4. The second-order valence-corrected chi connectivity index (χ2v) is 6.38. The van der Waals surface area contributed by atoms with Gasteiger partial charge < -0.3 is 15.3 Å². The van der Waals surface area contributed by atoms with Gasteiger partial charge in [-0.05, 0) is 18.9 Å². The molecule has 1 saturated heterocycles. The Labute approximate surface area is 139 Å². The van der Waals surface area contributed by atoms with Gasteiger partial charge >= 0.3 is 12.0 Å². The molecule has 1 aliphatic heterocycles. The molecule has 2 N–H and O–H groups in total. The standard InChI is InChI=1S/C17H20N4O3/c1-17(15(22)23)7-8-20(12-17)16(24)19-14-9-18-21(11-14)10-13-5-3-2-4-6-13/h2-6,9,11H,7-8,10,12H2,1H3,(H,19,24)(H,22,23). The number of carboxylic acid groups (broad SMARTS) is 1. The monoisotopic (exact) mass is 328 g/mol. The first-order valence-electron chi connectivity index (χ1n) is 7.82. The number of nitrogens with one attached hydrogen (secondary N) is 1. The molecular weight excluding hydrogens is 308 g/mol. The maximum atomic E-state index is 12.3. The number of hydrogen-bond donors (Lipinski definition) is 2. The van der Waals surface area contributed by atoms with Crippen LogP contribution in [0.25, 0.3) is 0 Å². The number of aliphatic carboxylic acids is 1. The normalized spacial score (nSPS) is 20.1. The molecule has 2 heterocycles. The first-order valence-corrected chi connectivity index (χ1v) is 7.82. The average molecular weight is 328 g/mol. The van der Waals surface area contributed by atoms with Gasteiger partial charge in [0.15, 0.2) is 0 Å². The van der Waals surface area contributed by atoms with E-state index in [0.29, 0.717) is 25.2 Å². The zero-order valence-electron chi connectivity index (χ0n) is 13.5. The number of rotatable bonds is 4. The Morgan fingerprint density at radius 2 is 2.08 bits per heavy atom. The van der Waals surface area contributed by atoms with Gasteiger partial charge in [0.25, 0.3) is 0 Å². The molecule has 0 aliphatic carbocycles. The molecule has 24 heavy (non-hydrogen) atoms. The summed E-state index contributed by atoms with van der Waals surface area (Å²) in [6.45, 7) is 2.94. The summed E-state index contributed by atoms with van der Waals surface area (Å²) in [4.78, 5) is 25.1. The summed E-state index contributed by atoms with van der Waals surface area (Å²) in [6, 6.07) is 9.62. The third-order valence-corrected chi connectivity index (χ3v) is 4.35. The van der Waals surface area contributed by atoms with Gasteiger partial charge in [0.05, 0.1) is 23.8 Å².